The van der Waals surface area contributed by atoms with E-state index in [1.54, 1.807) is 12.7 Å². The maximum atomic E-state index is 3.86. The fraction of sp³-hybridized carbons (Fsp3) is 0.500. The summed E-state index contributed by atoms with van der Waals surface area (Å²) in [5.74, 6) is 0.891. The van der Waals surface area contributed by atoms with Crippen molar-refractivity contribution in [3.8, 4) is 5.69 Å². The summed E-state index contributed by atoms with van der Waals surface area (Å²) in [6.45, 7) is 2.31. The summed E-state index contributed by atoms with van der Waals surface area (Å²) in [6, 6.07) is 9.08. The first-order chi connectivity index (χ1) is 9.85. The molecule has 1 aromatic carbocycles. The predicted octanol–water partition coefficient (Wildman–Crippen LogP) is 3.65. The van der Waals surface area contributed by atoms with Gasteiger partial charge in [0.1, 0.15) is 12.7 Å². The van der Waals surface area contributed by atoms with E-state index in [9.17, 15) is 0 Å². The van der Waals surface area contributed by atoms with Crippen molar-refractivity contribution in [2.24, 2.45) is 5.92 Å². The highest BCUT2D eigenvalue weighted by atomic mass is 15.2. The second-order valence-corrected chi connectivity index (χ2v) is 5.70. The normalized spacial score (nSPS) is 22.6. The number of nitrogens with zero attached hydrogens (tertiary/aromatic N) is 3. The molecule has 106 valence electrons. The Balaban J connectivity index is 1.70. The number of aromatic nitrogens is 3. The van der Waals surface area contributed by atoms with Crippen molar-refractivity contribution in [3.05, 3.63) is 36.9 Å². The Labute approximate surface area is 120 Å². The molecule has 0 saturated heterocycles. The quantitative estimate of drug-likeness (QED) is 0.922. The molecule has 1 N–H and O–H groups in total. The van der Waals surface area contributed by atoms with E-state index in [1.165, 1.54) is 37.8 Å². The summed E-state index contributed by atoms with van der Waals surface area (Å²) in [5, 5.41) is 11.4. The summed E-state index contributed by atoms with van der Waals surface area (Å²) < 4.78 is 1.93. The minimum atomic E-state index is 0.616. The van der Waals surface area contributed by atoms with Crippen LogP contribution in [0.4, 0.5) is 5.69 Å². The maximum absolute atomic E-state index is 3.86. The van der Waals surface area contributed by atoms with Crippen molar-refractivity contribution < 1.29 is 0 Å². The summed E-state index contributed by atoms with van der Waals surface area (Å²) in [7, 11) is 0. The van der Waals surface area contributed by atoms with Gasteiger partial charge in [0, 0.05) is 11.7 Å². The molecule has 4 heteroatoms. The molecule has 1 aromatic heterocycles. The third-order valence-electron chi connectivity index (χ3n) is 4.29. The molecule has 0 amide bonds. The lowest BCUT2D eigenvalue weighted by molar-refractivity contribution is 0.327. The zero-order chi connectivity index (χ0) is 13.8. The number of benzene rings is 1. The van der Waals surface area contributed by atoms with Gasteiger partial charge in [-0.15, -0.1) is 10.2 Å². The molecular weight excluding hydrogens is 248 g/mol. The van der Waals surface area contributed by atoms with Crippen LogP contribution < -0.4 is 5.32 Å². The number of nitrogens with one attached hydrogen (secondary N) is 1. The van der Waals surface area contributed by atoms with Gasteiger partial charge in [0.15, 0.2) is 0 Å². The Morgan fingerprint density at radius 3 is 2.90 bits per heavy atom. The molecule has 1 fully saturated rings. The Morgan fingerprint density at radius 1 is 1.25 bits per heavy atom. The smallest absolute Gasteiger partial charge is 0.123 e. The number of rotatable bonds is 4. The van der Waals surface area contributed by atoms with Gasteiger partial charge in [-0.2, -0.15) is 0 Å². The first-order valence-corrected chi connectivity index (χ1v) is 7.56. The zero-order valence-corrected chi connectivity index (χ0v) is 12.0. The lowest BCUT2D eigenvalue weighted by atomic mass is 9.84. The topological polar surface area (TPSA) is 42.7 Å². The predicted molar refractivity (Wildman–Crippen MR) is 81.0 cm³/mol. The van der Waals surface area contributed by atoms with Crippen LogP contribution in [-0.4, -0.2) is 20.8 Å². The molecule has 1 saturated carbocycles. The fourth-order valence-electron chi connectivity index (χ4n) is 3.12. The van der Waals surface area contributed by atoms with Crippen molar-refractivity contribution in [2.45, 2.75) is 45.1 Å². The minimum Gasteiger partial charge on any atom is -0.382 e. The molecule has 1 aliphatic carbocycles. The van der Waals surface area contributed by atoms with E-state index >= 15 is 0 Å². The second-order valence-electron chi connectivity index (χ2n) is 5.70. The summed E-state index contributed by atoms with van der Waals surface area (Å²) in [6.07, 6.45) is 10.1. The zero-order valence-electron chi connectivity index (χ0n) is 12.0. The molecule has 2 unspecified atom stereocenters. The molecule has 0 spiro atoms. The fourth-order valence-corrected chi connectivity index (χ4v) is 3.12. The maximum Gasteiger partial charge on any atom is 0.123 e. The van der Waals surface area contributed by atoms with E-state index in [2.05, 4.69) is 46.7 Å². The summed E-state index contributed by atoms with van der Waals surface area (Å²) in [5.41, 5.74) is 2.29. The molecule has 0 aliphatic heterocycles. The average molecular weight is 270 g/mol. The largest absolute Gasteiger partial charge is 0.382 e. The average Bonchev–Trinajstić information content (AvgIpc) is 3.02. The monoisotopic (exact) mass is 270 g/mol. The van der Waals surface area contributed by atoms with E-state index in [0.29, 0.717) is 6.04 Å². The first-order valence-electron chi connectivity index (χ1n) is 7.56. The van der Waals surface area contributed by atoms with Crippen molar-refractivity contribution >= 4 is 5.69 Å². The molecule has 1 aliphatic rings. The van der Waals surface area contributed by atoms with E-state index in [4.69, 9.17) is 0 Å². The highest BCUT2D eigenvalue weighted by molar-refractivity contribution is 5.51. The Morgan fingerprint density at radius 2 is 2.10 bits per heavy atom. The minimum absolute atomic E-state index is 0.616. The molecule has 0 radical (unpaired) electrons. The first kappa shape index (κ1) is 13.2. The van der Waals surface area contributed by atoms with E-state index in [0.717, 1.165) is 11.6 Å². The van der Waals surface area contributed by atoms with Gasteiger partial charge in [-0.25, -0.2) is 0 Å². The third kappa shape index (κ3) is 3.00. The van der Waals surface area contributed by atoms with Crippen LogP contribution in [0.3, 0.4) is 0 Å². The van der Waals surface area contributed by atoms with Gasteiger partial charge in [0.2, 0.25) is 0 Å². The van der Waals surface area contributed by atoms with Gasteiger partial charge in [0.05, 0.1) is 5.69 Å². The second kappa shape index (κ2) is 6.07. The van der Waals surface area contributed by atoms with E-state index < -0.39 is 0 Å². The van der Waals surface area contributed by atoms with Crippen LogP contribution in [0.25, 0.3) is 5.69 Å². The molecule has 4 nitrogen and oxygen atoms in total. The highest BCUT2D eigenvalue weighted by Crippen LogP contribution is 2.29. The molecular formula is C16H22N4. The lowest BCUT2D eigenvalue weighted by Gasteiger charge is -2.30. The molecule has 2 atom stereocenters. The van der Waals surface area contributed by atoms with Crippen LogP contribution in [0.15, 0.2) is 36.9 Å². The number of hydrogen-bond donors (Lipinski definition) is 1. The van der Waals surface area contributed by atoms with E-state index in [1.807, 2.05) is 4.57 Å². The van der Waals surface area contributed by atoms with Crippen molar-refractivity contribution in [2.75, 3.05) is 5.32 Å². The van der Waals surface area contributed by atoms with Gasteiger partial charge < -0.3 is 5.32 Å². The van der Waals surface area contributed by atoms with Crippen LogP contribution >= 0.6 is 0 Å². The van der Waals surface area contributed by atoms with Crippen LogP contribution in [0.5, 0.6) is 0 Å². The van der Waals surface area contributed by atoms with Gasteiger partial charge in [-0.05, 0) is 37.0 Å². The van der Waals surface area contributed by atoms with E-state index in [-0.39, 0.29) is 0 Å². The summed E-state index contributed by atoms with van der Waals surface area (Å²) in [4.78, 5) is 0. The van der Waals surface area contributed by atoms with Crippen LogP contribution in [0.2, 0.25) is 0 Å². The molecule has 2 aromatic rings. The van der Waals surface area contributed by atoms with Crippen molar-refractivity contribution in [3.63, 3.8) is 0 Å². The standard InChI is InChI=1S/C16H22N4/c1-2-13-5-3-6-14(9-13)19-15-7-4-8-16(10-15)20-11-17-18-12-20/h4,7-8,10-14,19H,2-3,5-6,9H2,1H3. The van der Waals surface area contributed by atoms with Crippen molar-refractivity contribution in [1.29, 1.82) is 0 Å². The molecule has 3 rings (SSSR count). The Kier molecular flexibility index (Phi) is 4.00. The van der Waals surface area contributed by atoms with Crippen LogP contribution in [0.1, 0.15) is 39.0 Å². The molecule has 1 heterocycles. The number of anilines is 1. The lowest BCUT2D eigenvalue weighted by Crippen LogP contribution is -2.27. The third-order valence-corrected chi connectivity index (χ3v) is 4.29. The van der Waals surface area contributed by atoms with Gasteiger partial charge in [0.25, 0.3) is 0 Å². The van der Waals surface area contributed by atoms with Gasteiger partial charge in [-0.1, -0.05) is 32.3 Å². The molecule has 0 bridgehead atoms. The summed E-state index contributed by atoms with van der Waals surface area (Å²) >= 11 is 0. The SMILES string of the molecule is CCC1CCCC(Nc2cccc(-n3cnnc3)c2)C1. The molecule has 20 heavy (non-hydrogen) atoms. The highest BCUT2D eigenvalue weighted by Gasteiger charge is 2.20. The Hall–Kier alpha value is -1.84. The Bertz CT molecular complexity index is 535. The number of hydrogen-bond acceptors (Lipinski definition) is 3. The van der Waals surface area contributed by atoms with Crippen LogP contribution in [-0.2, 0) is 0 Å². The van der Waals surface area contributed by atoms with Gasteiger partial charge >= 0.3 is 0 Å². The van der Waals surface area contributed by atoms with Crippen LogP contribution in [0, 0.1) is 5.92 Å². The van der Waals surface area contributed by atoms with Gasteiger partial charge in [-0.3, -0.25) is 4.57 Å². The van der Waals surface area contributed by atoms with Crippen molar-refractivity contribution in [1.82, 2.24) is 14.8 Å².